The number of halogens is 20. The maximum atomic E-state index is 15.4. The predicted molar refractivity (Wildman–Crippen MR) is 194 cm³/mol. The third-order valence-corrected chi connectivity index (χ3v) is 10.5. The average molecular weight is 955 g/mol. The van der Waals surface area contributed by atoms with E-state index in [2.05, 4.69) is 19.1 Å². The Morgan fingerprint density at radius 2 is 0.682 bits per heavy atom. The van der Waals surface area contributed by atoms with Crippen LogP contribution < -0.4 is 26.4 Å². The van der Waals surface area contributed by atoms with Gasteiger partial charge in [0.05, 0.1) is 0 Å². The molecule has 0 aliphatic heterocycles. The Bertz CT molecular complexity index is 2740. The van der Waals surface area contributed by atoms with Gasteiger partial charge in [-0.3, -0.25) is 4.79 Å². The van der Waals surface area contributed by atoms with E-state index in [-0.39, 0.29) is 5.78 Å². The number of carbonyl (C=O) groups is 1. The first-order valence-electron chi connectivity index (χ1n) is 18.2. The van der Waals surface area contributed by atoms with Crippen LogP contribution in [0.2, 0.25) is 0 Å². The summed E-state index contributed by atoms with van der Waals surface area (Å²) in [5.74, 6) is -71.3. The third-order valence-electron chi connectivity index (χ3n) is 10.5. The Balaban J connectivity index is 0.000000284. The lowest BCUT2D eigenvalue weighted by atomic mass is 9.12. The monoisotopic (exact) mass is 955 g/mol. The van der Waals surface area contributed by atoms with Gasteiger partial charge in [-0.25, -0.2) is 87.8 Å². The van der Waals surface area contributed by atoms with Crippen LogP contribution in [0.5, 0.6) is 0 Å². The number of rotatable bonds is 8. The molecular formula is C43H18BF20NO. The van der Waals surface area contributed by atoms with Crippen molar-refractivity contribution in [3.8, 4) is 0 Å². The van der Waals surface area contributed by atoms with Gasteiger partial charge in [-0.05, 0) is 24.1 Å². The second kappa shape index (κ2) is 18.2. The number of aryl methyl sites for hydroxylation is 1. The van der Waals surface area contributed by atoms with Crippen LogP contribution in [0.15, 0.2) is 66.9 Å². The van der Waals surface area contributed by atoms with Crippen molar-refractivity contribution in [3.05, 3.63) is 194 Å². The van der Waals surface area contributed by atoms with E-state index in [0.717, 1.165) is 22.9 Å². The van der Waals surface area contributed by atoms with Gasteiger partial charge in [0.25, 0.3) is 0 Å². The minimum atomic E-state index is -7.22. The van der Waals surface area contributed by atoms with E-state index in [4.69, 9.17) is 0 Å². The maximum Gasteiger partial charge on any atom is 0.227 e. The minimum Gasteiger partial charge on any atom is -0.287 e. The Morgan fingerprint density at radius 1 is 0.394 bits per heavy atom. The summed E-state index contributed by atoms with van der Waals surface area (Å²) in [5.41, 5.74) is -11.2. The highest BCUT2D eigenvalue weighted by molar-refractivity contribution is 7.20. The molecule has 0 unspecified atom stereocenters. The van der Waals surface area contributed by atoms with Gasteiger partial charge in [0, 0.05) is 23.1 Å². The first kappa shape index (κ1) is 48.5. The van der Waals surface area contributed by atoms with Gasteiger partial charge in [-0.2, -0.15) is 4.57 Å². The fraction of sp³-hybridized carbons (Fsp3) is 0.0698. The van der Waals surface area contributed by atoms with Crippen molar-refractivity contribution in [2.24, 2.45) is 0 Å². The van der Waals surface area contributed by atoms with Crippen LogP contribution in [0.4, 0.5) is 87.8 Å². The van der Waals surface area contributed by atoms with E-state index >= 15 is 35.1 Å². The number of ketones is 1. The SMILES string of the molecule is CCc1ccc(C(=O)C[n+]2cccc3ccccc32)cc1.Fc1c(F)c(F)c([B-](c2c(F)c(F)c(F)c(F)c2F)(c2c(F)c(F)c(F)c(F)c2F)c2c(F)c(F)c(F)c(F)c2F)c(F)c1F. The summed E-state index contributed by atoms with van der Waals surface area (Å²) in [6.45, 7) is 2.48. The molecule has 0 aliphatic rings. The molecule has 0 atom stereocenters. The topological polar surface area (TPSA) is 20.9 Å². The van der Waals surface area contributed by atoms with Crippen molar-refractivity contribution < 1.29 is 97.2 Å². The van der Waals surface area contributed by atoms with E-state index < -0.39 is 144 Å². The van der Waals surface area contributed by atoms with Gasteiger partial charge in [0.2, 0.25) is 17.8 Å². The number of fused-ring (bicyclic) bond motifs is 1. The van der Waals surface area contributed by atoms with Gasteiger partial charge in [-0.1, -0.05) is 43.3 Å². The van der Waals surface area contributed by atoms with Crippen LogP contribution in [0.1, 0.15) is 22.8 Å². The van der Waals surface area contributed by atoms with Crippen LogP contribution in [-0.4, -0.2) is 11.9 Å². The highest BCUT2D eigenvalue weighted by Gasteiger charge is 2.52. The summed E-state index contributed by atoms with van der Waals surface area (Å²) < 4.78 is 296. The van der Waals surface area contributed by atoms with Gasteiger partial charge in [0.1, 0.15) is 52.7 Å². The highest BCUT2D eigenvalue weighted by atomic mass is 19.2. The Hall–Kier alpha value is -6.94. The molecular weight excluding hydrogens is 937 g/mol. The van der Waals surface area contributed by atoms with Gasteiger partial charge in [-0.15, -0.1) is 21.9 Å². The molecule has 0 bridgehead atoms. The summed E-state index contributed by atoms with van der Waals surface area (Å²) in [7, 11) is 0. The first-order chi connectivity index (χ1) is 31.0. The van der Waals surface area contributed by atoms with E-state index in [1.54, 1.807) is 0 Å². The van der Waals surface area contributed by atoms with Crippen LogP contribution in [0.3, 0.4) is 0 Å². The first-order valence-corrected chi connectivity index (χ1v) is 18.2. The lowest BCUT2D eigenvalue weighted by Gasteiger charge is -2.44. The smallest absolute Gasteiger partial charge is 0.227 e. The molecule has 0 radical (unpaired) electrons. The fourth-order valence-corrected chi connectivity index (χ4v) is 7.41. The van der Waals surface area contributed by atoms with Crippen molar-refractivity contribution in [1.82, 2.24) is 0 Å². The lowest BCUT2D eigenvalue weighted by Crippen LogP contribution is -2.81. The quantitative estimate of drug-likeness (QED) is 0.0372. The number of carbonyl (C=O) groups excluding carboxylic acids is 1. The fourth-order valence-electron chi connectivity index (χ4n) is 7.41. The molecule has 0 spiro atoms. The molecule has 344 valence electrons. The number of hydrogen-bond donors (Lipinski definition) is 0. The molecule has 6 aromatic carbocycles. The van der Waals surface area contributed by atoms with Crippen LogP contribution in [0, 0.1) is 116 Å². The largest absolute Gasteiger partial charge is 0.287 e. The molecule has 2 nitrogen and oxygen atoms in total. The molecule has 66 heavy (non-hydrogen) atoms. The van der Waals surface area contributed by atoms with Crippen LogP contribution in [0.25, 0.3) is 10.9 Å². The number of benzene rings is 6. The Kier molecular flexibility index (Phi) is 13.3. The van der Waals surface area contributed by atoms with Gasteiger partial charge in [0.15, 0.2) is 76.0 Å². The van der Waals surface area contributed by atoms with E-state index in [0.29, 0.717) is 6.54 Å². The molecule has 0 N–H and O–H groups in total. The number of nitrogens with zero attached hydrogens (tertiary/aromatic N) is 1. The van der Waals surface area contributed by atoms with Crippen molar-refractivity contribution in [2.45, 2.75) is 19.9 Å². The summed E-state index contributed by atoms with van der Waals surface area (Å²) >= 11 is 0. The number of Topliss-reactive ketones (excluding diaryl/α,β-unsaturated/α-hetero) is 1. The van der Waals surface area contributed by atoms with Crippen molar-refractivity contribution in [2.75, 3.05) is 0 Å². The third kappa shape index (κ3) is 7.56. The molecule has 0 fully saturated rings. The van der Waals surface area contributed by atoms with E-state index in [9.17, 15) is 57.5 Å². The summed E-state index contributed by atoms with van der Waals surface area (Å²) in [6.07, 6.45) is -4.27. The maximum absolute atomic E-state index is 15.4. The highest BCUT2D eigenvalue weighted by Crippen LogP contribution is 2.31. The van der Waals surface area contributed by atoms with Gasteiger partial charge >= 0.3 is 0 Å². The summed E-state index contributed by atoms with van der Waals surface area (Å²) in [6, 6.07) is 20.1. The molecule has 7 aromatic rings. The molecule has 23 heteroatoms. The number of para-hydroxylation sites is 1. The molecule has 0 aliphatic carbocycles. The molecule has 1 heterocycles. The Morgan fingerprint density at radius 3 is 1.00 bits per heavy atom. The van der Waals surface area contributed by atoms with Crippen LogP contribution >= 0.6 is 0 Å². The number of aromatic nitrogens is 1. The zero-order valence-electron chi connectivity index (χ0n) is 32.3. The van der Waals surface area contributed by atoms with Gasteiger partial charge < -0.3 is 0 Å². The second-order valence-corrected chi connectivity index (χ2v) is 14.0. The standard InChI is InChI=1S/C24BF20.C19H18NO/c26-5-1(6(27)14(35)21(42)13(5)34)25(2-7(28)15(36)22(43)16(37)8(2)29,3-9(30)17(38)23(44)18(39)10(3)31)4-11(32)19(40)24(45)20(41)12(4)33;1-2-15-9-11-17(12-10-15)19(21)14-20-13-5-7-16-6-3-4-8-18(16)20/h;3-13H,2,14H2,1H3/q-1;+1. The second-order valence-electron chi connectivity index (χ2n) is 14.0. The Labute approximate surface area is 355 Å². The summed E-state index contributed by atoms with van der Waals surface area (Å²) in [4.78, 5) is 12.4. The zero-order valence-corrected chi connectivity index (χ0v) is 32.3. The van der Waals surface area contributed by atoms with Crippen LogP contribution in [-0.2, 0) is 13.0 Å². The van der Waals surface area contributed by atoms with E-state index in [1.165, 1.54) is 5.56 Å². The molecule has 0 saturated carbocycles. The predicted octanol–water partition coefficient (Wildman–Crippen LogP) is 9.42. The van der Waals surface area contributed by atoms with Crippen molar-refractivity contribution in [1.29, 1.82) is 0 Å². The normalized spacial score (nSPS) is 11.6. The molecule has 0 amide bonds. The molecule has 0 saturated heterocycles. The number of pyridine rings is 1. The lowest BCUT2D eigenvalue weighted by molar-refractivity contribution is -0.657. The van der Waals surface area contributed by atoms with Crippen molar-refractivity contribution >= 4 is 44.7 Å². The van der Waals surface area contributed by atoms with E-state index in [1.807, 2.05) is 59.3 Å². The zero-order chi connectivity index (χ0) is 49.0. The molecule has 7 rings (SSSR count). The number of hydrogen-bond acceptors (Lipinski definition) is 1. The average Bonchev–Trinajstić information content (AvgIpc) is 3.31. The van der Waals surface area contributed by atoms with Crippen molar-refractivity contribution in [3.63, 3.8) is 0 Å². The summed E-state index contributed by atoms with van der Waals surface area (Å²) in [5, 5.41) is 1.15. The molecule has 1 aromatic heterocycles. The minimum absolute atomic E-state index is 0.138.